The number of pyridine rings is 1. The molecule has 1 unspecified atom stereocenters. The standard InChI is InChI=1S/C11H15N3O2/c12-5-8-1-2-13-10(3-8)14-6-9(7-15)4-11(14)16/h1-3,9,15H,4-7,12H2. The summed E-state index contributed by atoms with van der Waals surface area (Å²) in [6, 6.07) is 3.64. The summed E-state index contributed by atoms with van der Waals surface area (Å²) in [5.74, 6) is 0.667. The Balaban J connectivity index is 2.20. The molecule has 1 aromatic rings. The molecule has 1 aliphatic heterocycles. The number of aliphatic hydroxyl groups is 1. The van der Waals surface area contributed by atoms with Crippen molar-refractivity contribution in [2.75, 3.05) is 18.1 Å². The van der Waals surface area contributed by atoms with Crippen LogP contribution in [0.25, 0.3) is 0 Å². The maximum atomic E-state index is 11.7. The second kappa shape index (κ2) is 4.59. The molecule has 2 rings (SSSR count). The minimum absolute atomic E-state index is 0.0146. The molecule has 5 heteroatoms. The second-order valence-electron chi connectivity index (χ2n) is 3.98. The third-order valence-corrected chi connectivity index (χ3v) is 2.79. The van der Waals surface area contributed by atoms with Crippen LogP contribution in [0.1, 0.15) is 12.0 Å². The van der Waals surface area contributed by atoms with Crippen LogP contribution in [-0.4, -0.2) is 29.1 Å². The van der Waals surface area contributed by atoms with Crippen molar-refractivity contribution in [1.29, 1.82) is 0 Å². The van der Waals surface area contributed by atoms with Crippen molar-refractivity contribution in [2.24, 2.45) is 11.7 Å². The number of anilines is 1. The molecule has 0 radical (unpaired) electrons. The van der Waals surface area contributed by atoms with Crippen molar-refractivity contribution in [1.82, 2.24) is 4.98 Å². The minimum atomic E-state index is 0.0146. The van der Waals surface area contributed by atoms with Crippen LogP contribution in [0.5, 0.6) is 0 Å². The van der Waals surface area contributed by atoms with Gasteiger partial charge in [-0.1, -0.05) is 0 Å². The third kappa shape index (κ3) is 2.05. The van der Waals surface area contributed by atoms with Crippen LogP contribution >= 0.6 is 0 Å². The molecule has 1 fully saturated rings. The Morgan fingerprint density at radius 1 is 1.62 bits per heavy atom. The first-order valence-electron chi connectivity index (χ1n) is 5.31. The summed E-state index contributed by atoms with van der Waals surface area (Å²) in [4.78, 5) is 17.5. The molecule has 0 aromatic carbocycles. The van der Waals surface area contributed by atoms with E-state index in [2.05, 4.69) is 4.98 Å². The predicted molar refractivity (Wildman–Crippen MR) is 59.7 cm³/mol. The number of amides is 1. The lowest BCUT2D eigenvalue weighted by molar-refractivity contribution is -0.117. The van der Waals surface area contributed by atoms with Crippen molar-refractivity contribution in [3.63, 3.8) is 0 Å². The Morgan fingerprint density at radius 2 is 2.44 bits per heavy atom. The summed E-state index contributed by atoms with van der Waals surface area (Å²) in [5.41, 5.74) is 6.48. The Kier molecular flexibility index (Phi) is 3.17. The molecule has 0 saturated carbocycles. The highest BCUT2D eigenvalue weighted by molar-refractivity contribution is 5.94. The topological polar surface area (TPSA) is 79.4 Å². The van der Waals surface area contributed by atoms with E-state index >= 15 is 0 Å². The lowest BCUT2D eigenvalue weighted by Crippen LogP contribution is -2.26. The summed E-state index contributed by atoms with van der Waals surface area (Å²) >= 11 is 0. The quantitative estimate of drug-likeness (QED) is 0.746. The number of rotatable bonds is 3. The van der Waals surface area contributed by atoms with Gasteiger partial charge in [-0.15, -0.1) is 0 Å². The van der Waals surface area contributed by atoms with Gasteiger partial charge in [0.05, 0.1) is 0 Å². The second-order valence-corrected chi connectivity index (χ2v) is 3.98. The first kappa shape index (κ1) is 11.0. The van der Waals surface area contributed by atoms with Gasteiger partial charge in [-0.3, -0.25) is 9.69 Å². The molecule has 16 heavy (non-hydrogen) atoms. The van der Waals surface area contributed by atoms with Gasteiger partial charge in [-0.2, -0.15) is 0 Å². The van der Waals surface area contributed by atoms with E-state index < -0.39 is 0 Å². The van der Waals surface area contributed by atoms with Gasteiger partial charge in [0.15, 0.2) is 0 Å². The van der Waals surface area contributed by atoms with Gasteiger partial charge < -0.3 is 10.8 Å². The molecule has 3 N–H and O–H groups in total. The largest absolute Gasteiger partial charge is 0.396 e. The fraction of sp³-hybridized carbons (Fsp3) is 0.455. The van der Waals surface area contributed by atoms with Crippen molar-refractivity contribution >= 4 is 11.7 Å². The van der Waals surface area contributed by atoms with Gasteiger partial charge in [0.2, 0.25) is 5.91 Å². The minimum Gasteiger partial charge on any atom is -0.396 e. The van der Waals surface area contributed by atoms with E-state index in [0.717, 1.165) is 5.56 Å². The number of carbonyl (C=O) groups excluding carboxylic acids is 1. The number of nitrogens with zero attached hydrogens (tertiary/aromatic N) is 2. The first-order chi connectivity index (χ1) is 7.74. The molecule has 5 nitrogen and oxygen atoms in total. The van der Waals surface area contributed by atoms with Gasteiger partial charge in [0, 0.05) is 38.2 Å². The summed E-state index contributed by atoms with van der Waals surface area (Å²) in [7, 11) is 0. The Labute approximate surface area is 93.9 Å². The van der Waals surface area contributed by atoms with Crippen molar-refractivity contribution in [3.05, 3.63) is 23.9 Å². The molecule has 0 aliphatic carbocycles. The van der Waals surface area contributed by atoms with E-state index in [9.17, 15) is 4.79 Å². The molecule has 2 heterocycles. The maximum absolute atomic E-state index is 11.7. The monoisotopic (exact) mass is 221 g/mol. The zero-order chi connectivity index (χ0) is 11.5. The Hall–Kier alpha value is -1.46. The summed E-state index contributed by atoms with van der Waals surface area (Å²) in [6.07, 6.45) is 2.04. The molecular formula is C11H15N3O2. The number of hydrogen-bond acceptors (Lipinski definition) is 4. The zero-order valence-electron chi connectivity index (χ0n) is 8.97. The fourth-order valence-electron chi connectivity index (χ4n) is 1.86. The lowest BCUT2D eigenvalue weighted by Gasteiger charge is -2.15. The van der Waals surface area contributed by atoms with E-state index in [1.807, 2.05) is 12.1 Å². The molecular weight excluding hydrogens is 206 g/mol. The summed E-state index contributed by atoms with van der Waals surface area (Å²) in [5, 5.41) is 9.03. The van der Waals surface area contributed by atoms with E-state index in [1.165, 1.54) is 0 Å². The van der Waals surface area contributed by atoms with E-state index in [4.69, 9.17) is 10.8 Å². The molecule has 1 aromatic heterocycles. The molecule has 1 aliphatic rings. The number of nitrogens with two attached hydrogens (primary N) is 1. The van der Waals surface area contributed by atoms with Crippen molar-refractivity contribution in [2.45, 2.75) is 13.0 Å². The average Bonchev–Trinajstić information content (AvgIpc) is 2.71. The molecule has 0 spiro atoms. The Morgan fingerprint density at radius 3 is 3.06 bits per heavy atom. The molecule has 1 saturated heterocycles. The normalized spacial score (nSPS) is 20.5. The predicted octanol–water partition coefficient (Wildman–Crippen LogP) is -0.115. The fourth-order valence-corrected chi connectivity index (χ4v) is 1.86. The van der Waals surface area contributed by atoms with Crippen LogP contribution < -0.4 is 10.6 Å². The molecule has 1 amide bonds. The zero-order valence-corrected chi connectivity index (χ0v) is 8.97. The van der Waals surface area contributed by atoms with Crippen LogP contribution in [0, 0.1) is 5.92 Å². The maximum Gasteiger partial charge on any atom is 0.228 e. The van der Waals surface area contributed by atoms with Gasteiger partial charge in [-0.05, 0) is 17.7 Å². The smallest absolute Gasteiger partial charge is 0.228 e. The highest BCUT2D eigenvalue weighted by atomic mass is 16.3. The summed E-state index contributed by atoms with van der Waals surface area (Å²) in [6.45, 7) is 1.01. The molecule has 0 bridgehead atoms. The van der Waals surface area contributed by atoms with Crippen LogP contribution in [-0.2, 0) is 11.3 Å². The SMILES string of the molecule is NCc1ccnc(N2CC(CO)CC2=O)c1. The highest BCUT2D eigenvalue weighted by Crippen LogP contribution is 2.23. The van der Waals surface area contributed by atoms with Crippen LogP contribution in [0.2, 0.25) is 0 Å². The Bertz CT molecular complexity index is 395. The van der Waals surface area contributed by atoms with Crippen LogP contribution in [0.4, 0.5) is 5.82 Å². The van der Waals surface area contributed by atoms with E-state index in [1.54, 1.807) is 11.1 Å². The van der Waals surface area contributed by atoms with Gasteiger partial charge in [0.1, 0.15) is 5.82 Å². The lowest BCUT2D eigenvalue weighted by atomic mass is 10.1. The van der Waals surface area contributed by atoms with Crippen LogP contribution in [0.15, 0.2) is 18.3 Å². The number of carbonyl (C=O) groups is 1. The average molecular weight is 221 g/mol. The molecule has 86 valence electrons. The highest BCUT2D eigenvalue weighted by Gasteiger charge is 2.30. The molecule has 1 atom stereocenters. The van der Waals surface area contributed by atoms with E-state index in [0.29, 0.717) is 25.3 Å². The van der Waals surface area contributed by atoms with Crippen molar-refractivity contribution in [3.8, 4) is 0 Å². The van der Waals surface area contributed by atoms with Gasteiger partial charge >= 0.3 is 0 Å². The summed E-state index contributed by atoms with van der Waals surface area (Å²) < 4.78 is 0. The van der Waals surface area contributed by atoms with Gasteiger partial charge in [0.25, 0.3) is 0 Å². The van der Waals surface area contributed by atoms with Crippen LogP contribution in [0.3, 0.4) is 0 Å². The van der Waals surface area contributed by atoms with Crippen molar-refractivity contribution < 1.29 is 9.90 Å². The first-order valence-corrected chi connectivity index (χ1v) is 5.31. The number of aromatic nitrogens is 1. The van der Waals surface area contributed by atoms with Gasteiger partial charge in [-0.25, -0.2) is 4.98 Å². The third-order valence-electron chi connectivity index (χ3n) is 2.79. The number of aliphatic hydroxyl groups excluding tert-OH is 1. The van der Waals surface area contributed by atoms with E-state index in [-0.39, 0.29) is 18.4 Å². The number of hydrogen-bond donors (Lipinski definition) is 2.